The fourth-order valence-electron chi connectivity index (χ4n) is 3.32. The Kier molecular flexibility index (Phi) is 5.96. The fourth-order valence-corrected chi connectivity index (χ4v) is 3.32. The zero-order chi connectivity index (χ0) is 21.0. The van der Waals surface area contributed by atoms with Crippen molar-refractivity contribution in [2.24, 2.45) is 0 Å². The maximum absolute atomic E-state index is 12.8. The number of aldehydes is 1. The predicted molar refractivity (Wildman–Crippen MR) is 106 cm³/mol. The molecule has 0 spiro atoms. The van der Waals surface area contributed by atoms with Gasteiger partial charge in [0.15, 0.2) is 17.8 Å². The van der Waals surface area contributed by atoms with Gasteiger partial charge in [-0.25, -0.2) is 0 Å². The highest BCUT2D eigenvalue weighted by Gasteiger charge is 2.24. The molecule has 29 heavy (non-hydrogen) atoms. The molecule has 0 N–H and O–H groups in total. The third-order valence-electron chi connectivity index (χ3n) is 4.90. The minimum Gasteiger partial charge on any atom is -0.493 e. The second-order valence-corrected chi connectivity index (χ2v) is 6.47. The second kappa shape index (κ2) is 8.59. The van der Waals surface area contributed by atoms with Gasteiger partial charge in [-0.3, -0.25) is 19.7 Å². The first-order valence-electron chi connectivity index (χ1n) is 8.98. The molecule has 1 amide bonds. The molecule has 0 atom stereocenters. The van der Waals surface area contributed by atoms with Gasteiger partial charge in [0.2, 0.25) is 0 Å². The van der Waals surface area contributed by atoms with E-state index in [4.69, 9.17) is 9.47 Å². The lowest BCUT2D eigenvalue weighted by atomic mass is 10.1. The summed E-state index contributed by atoms with van der Waals surface area (Å²) in [6, 6.07) is 9.51. The van der Waals surface area contributed by atoms with Crippen LogP contribution in [0.15, 0.2) is 36.4 Å². The van der Waals surface area contributed by atoms with Crippen molar-refractivity contribution in [1.29, 1.82) is 0 Å². The van der Waals surface area contributed by atoms with E-state index in [9.17, 15) is 19.7 Å². The molecule has 1 saturated heterocycles. The lowest BCUT2D eigenvalue weighted by molar-refractivity contribution is -0.385. The smallest absolute Gasteiger partial charge is 0.280 e. The van der Waals surface area contributed by atoms with Crippen LogP contribution in [0.2, 0.25) is 0 Å². The molecule has 2 aromatic carbocycles. The summed E-state index contributed by atoms with van der Waals surface area (Å²) >= 11 is 0. The number of anilines is 1. The monoisotopic (exact) mass is 399 g/mol. The Balaban J connectivity index is 1.70. The lowest BCUT2D eigenvalue weighted by Crippen LogP contribution is -2.48. The number of hydrogen-bond acceptors (Lipinski definition) is 7. The number of amides is 1. The third kappa shape index (κ3) is 4.13. The second-order valence-electron chi connectivity index (χ2n) is 6.47. The van der Waals surface area contributed by atoms with Gasteiger partial charge < -0.3 is 19.3 Å². The molecule has 3 rings (SSSR count). The number of nitro groups is 1. The molecular weight excluding hydrogens is 378 g/mol. The first-order chi connectivity index (χ1) is 14.0. The normalized spacial score (nSPS) is 13.7. The number of nitrogens with zero attached hydrogens (tertiary/aromatic N) is 3. The Morgan fingerprint density at radius 3 is 2.31 bits per heavy atom. The van der Waals surface area contributed by atoms with Gasteiger partial charge in [0.25, 0.3) is 11.6 Å². The van der Waals surface area contributed by atoms with Crippen molar-refractivity contribution >= 4 is 23.6 Å². The van der Waals surface area contributed by atoms with Gasteiger partial charge in [-0.1, -0.05) is 0 Å². The molecule has 0 unspecified atom stereocenters. The van der Waals surface area contributed by atoms with E-state index < -0.39 is 4.92 Å². The molecule has 1 fully saturated rings. The Morgan fingerprint density at radius 1 is 1.03 bits per heavy atom. The summed E-state index contributed by atoms with van der Waals surface area (Å²) in [4.78, 5) is 38.1. The van der Waals surface area contributed by atoms with Gasteiger partial charge in [0, 0.05) is 43.5 Å². The number of hydrogen-bond donors (Lipinski definition) is 0. The number of methoxy groups -OCH3 is 2. The molecule has 0 saturated carbocycles. The topological polar surface area (TPSA) is 102 Å². The number of benzene rings is 2. The van der Waals surface area contributed by atoms with E-state index >= 15 is 0 Å². The summed E-state index contributed by atoms with van der Waals surface area (Å²) in [7, 11) is 3.05. The quantitative estimate of drug-likeness (QED) is 0.417. The molecule has 0 bridgehead atoms. The molecule has 152 valence electrons. The number of ether oxygens (including phenoxy) is 2. The number of rotatable bonds is 6. The van der Waals surface area contributed by atoms with Crippen LogP contribution >= 0.6 is 0 Å². The first-order valence-corrected chi connectivity index (χ1v) is 8.98. The van der Waals surface area contributed by atoms with Crippen molar-refractivity contribution in [2.75, 3.05) is 45.3 Å². The number of piperazine rings is 1. The summed E-state index contributed by atoms with van der Waals surface area (Å²) in [5, 5.41) is 11.0. The average molecular weight is 399 g/mol. The fraction of sp³-hybridized carbons (Fsp3) is 0.300. The summed E-state index contributed by atoms with van der Waals surface area (Å²) in [6.45, 7) is 2.07. The van der Waals surface area contributed by atoms with Crippen LogP contribution in [0.4, 0.5) is 11.4 Å². The zero-order valence-electron chi connectivity index (χ0n) is 16.2. The maximum atomic E-state index is 12.8. The van der Waals surface area contributed by atoms with Crippen LogP contribution in [0.1, 0.15) is 20.7 Å². The van der Waals surface area contributed by atoms with Crippen molar-refractivity contribution in [1.82, 2.24) is 4.90 Å². The number of nitro benzene ring substituents is 1. The van der Waals surface area contributed by atoms with Crippen molar-refractivity contribution in [3.8, 4) is 11.5 Å². The maximum Gasteiger partial charge on any atom is 0.280 e. The van der Waals surface area contributed by atoms with Gasteiger partial charge >= 0.3 is 0 Å². The Bertz CT molecular complexity index is 938. The van der Waals surface area contributed by atoms with E-state index in [-0.39, 0.29) is 17.2 Å². The Morgan fingerprint density at radius 2 is 1.72 bits per heavy atom. The van der Waals surface area contributed by atoms with Crippen molar-refractivity contribution < 1.29 is 24.0 Å². The van der Waals surface area contributed by atoms with Crippen molar-refractivity contribution in [3.63, 3.8) is 0 Å². The van der Waals surface area contributed by atoms with Crippen LogP contribution in [0.5, 0.6) is 11.5 Å². The molecule has 1 aliphatic rings. The largest absolute Gasteiger partial charge is 0.493 e. The molecule has 0 radical (unpaired) electrons. The summed E-state index contributed by atoms with van der Waals surface area (Å²) in [5.41, 5.74) is 1.05. The molecule has 0 aromatic heterocycles. The third-order valence-corrected chi connectivity index (χ3v) is 4.90. The van der Waals surface area contributed by atoms with E-state index in [0.29, 0.717) is 49.5 Å². The predicted octanol–water partition coefficient (Wildman–Crippen LogP) is 2.39. The standard InChI is InChI=1S/C20H21N3O6/c1-28-18-6-3-14(12-19(18)29-2)20(25)22-9-7-21(8-10-22)16-4-5-17(23(26)27)15(11-16)13-24/h3-6,11-13H,7-10H2,1-2H3. The van der Waals surface area contributed by atoms with E-state index in [0.717, 1.165) is 5.69 Å². The Hall–Kier alpha value is -3.62. The average Bonchev–Trinajstić information content (AvgIpc) is 2.77. The van der Waals surface area contributed by atoms with E-state index in [2.05, 4.69) is 0 Å². The van der Waals surface area contributed by atoms with Crippen LogP contribution in [0.3, 0.4) is 0 Å². The SMILES string of the molecule is COc1ccc(C(=O)N2CCN(c3ccc([N+](=O)[O-])c(C=O)c3)CC2)cc1OC. The van der Waals surface area contributed by atoms with Gasteiger partial charge in [-0.15, -0.1) is 0 Å². The van der Waals surface area contributed by atoms with E-state index in [1.807, 2.05) is 4.90 Å². The van der Waals surface area contributed by atoms with Crippen LogP contribution in [-0.4, -0.2) is 62.4 Å². The van der Waals surface area contributed by atoms with E-state index in [1.54, 1.807) is 29.2 Å². The number of carbonyl (C=O) groups is 2. The van der Waals surface area contributed by atoms with Crippen LogP contribution in [0.25, 0.3) is 0 Å². The van der Waals surface area contributed by atoms with Gasteiger partial charge in [-0.2, -0.15) is 0 Å². The van der Waals surface area contributed by atoms with Gasteiger partial charge in [0.1, 0.15) is 0 Å². The minimum absolute atomic E-state index is 0.0383. The van der Waals surface area contributed by atoms with Gasteiger partial charge in [0.05, 0.1) is 24.7 Å². The van der Waals surface area contributed by atoms with E-state index in [1.165, 1.54) is 26.4 Å². The highest BCUT2D eigenvalue weighted by atomic mass is 16.6. The highest BCUT2D eigenvalue weighted by molar-refractivity contribution is 5.95. The lowest BCUT2D eigenvalue weighted by Gasteiger charge is -2.36. The summed E-state index contributed by atoms with van der Waals surface area (Å²) in [5.74, 6) is 0.935. The van der Waals surface area contributed by atoms with Crippen molar-refractivity contribution in [2.45, 2.75) is 0 Å². The molecule has 9 heteroatoms. The summed E-state index contributed by atoms with van der Waals surface area (Å²) in [6.07, 6.45) is 0.485. The van der Waals surface area contributed by atoms with Gasteiger partial charge in [-0.05, 0) is 30.3 Å². The summed E-state index contributed by atoms with van der Waals surface area (Å²) < 4.78 is 10.5. The minimum atomic E-state index is -0.576. The molecule has 1 aliphatic heterocycles. The van der Waals surface area contributed by atoms with Crippen LogP contribution in [-0.2, 0) is 0 Å². The zero-order valence-corrected chi connectivity index (χ0v) is 16.2. The first kappa shape index (κ1) is 20.1. The Labute approximate surface area is 167 Å². The molecule has 0 aliphatic carbocycles. The molecule has 9 nitrogen and oxygen atoms in total. The highest BCUT2D eigenvalue weighted by Crippen LogP contribution is 2.29. The number of carbonyl (C=O) groups excluding carboxylic acids is 2. The van der Waals surface area contributed by atoms with Crippen molar-refractivity contribution in [3.05, 3.63) is 57.6 Å². The molecule has 2 aromatic rings. The van der Waals surface area contributed by atoms with Crippen LogP contribution in [0, 0.1) is 10.1 Å². The molecular formula is C20H21N3O6. The van der Waals surface area contributed by atoms with Crippen LogP contribution < -0.4 is 14.4 Å². The molecule has 1 heterocycles.